The summed E-state index contributed by atoms with van der Waals surface area (Å²) in [5.41, 5.74) is 0.00363. The number of ether oxygens (including phenoxy) is 2. The van der Waals surface area contributed by atoms with Crippen LogP contribution in [0.3, 0.4) is 0 Å². The molecule has 202 valence electrons. The lowest BCUT2D eigenvalue weighted by molar-refractivity contribution is -0.143. The second-order valence-corrected chi connectivity index (χ2v) is 10.8. The molecule has 1 fully saturated rings. The highest BCUT2D eigenvalue weighted by Gasteiger charge is 2.28. The SMILES string of the molecule is Cc1c(NS(=O)(=O)c2ccc(Cl)c(C(=O)O[C@H](C)C(=O)N3CCOCC3)c2)c(=O)n(-c2ccccc2)n1C. The summed E-state index contributed by atoms with van der Waals surface area (Å²) in [7, 11) is -2.67. The summed E-state index contributed by atoms with van der Waals surface area (Å²) in [6, 6.07) is 12.3. The molecular formula is C25H27ClN4O7S. The minimum atomic E-state index is -4.31. The van der Waals surface area contributed by atoms with E-state index in [2.05, 4.69) is 4.72 Å². The fraction of sp³-hybridized carbons (Fsp3) is 0.320. The van der Waals surface area contributed by atoms with E-state index in [0.29, 0.717) is 37.7 Å². The van der Waals surface area contributed by atoms with Crippen LogP contribution in [0.1, 0.15) is 23.0 Å². The van der Waals surface area contributed by atoms with Crippen molar-refractivity contribution in [2.45, 2.75) is 24.8 Å². The van der Waals surface area contributed by atoms with Crippen molar-refractivity contribution in [1.82, 2.24) is 14.3 Å². The number of anilines is 1. The molecule has 1 aliphatic rings. The third kappa shape index (κ3) is 5.47. The maximum Gasteiger partial charge on any atom is 0.340 e. The van der Waals surface area contributed by atoms with Crippen molar-refractivity contribution < 1.29 is 27.5 Å². The van der Waals surface area contributed by atoms with Crippen molar-refractivity contribution in [2.75, 3.05) is 31.0 Å². The van der Waals surface area contributed by atoms with E-state index in [9.17, 15) is 22.8 Å². The van der Waals surface area contributed by atoms with Crippen LogP contribution in [0, 0.1) is 6.92 Å². The van der Waals surface area contributed by atoms with Crippen LogP contribution >= 0.6 is 11.6 Å². The highest BCUT2D eigenvalue weighted by molar-refractivity contribution is 7.92. The fourth-order valence-corrected chi connectivity index (χ4v) is 5.36. The van der Waals surface area contributed by atoms with E-state index in [1.54, 1.807) is 44.3 Å². The summed E-state index contributed by atoms with van der Waals surface area (Å²) in [5.74, 6) is -1.35. The Morgan fingerprint density at radius 3 is 2.42 bits per heavy atom. The minimum absolute atomic E-state index is 0.0534. The van der Waals surface area contributed by atoms with Gasteiger partial charge in [-0.15, -0.1) is 0 Å². The number of esters is 1. The molecule has 0 aliphatic carbocycles. The monoisotopic (exact) mass is 562 g/mol. The Balaban J connectivity index is 1.58. The van der Waals surface area contributed by atoms with E-state index in [4.69, 9.17) is 21.1 Å². The van der Waals surface area contributed by atoms with E-state index >= 15 is 0 Å². The number of amides is 1. The Labute approximate surface area is 224 Å². The maximum absolute atomic E-state index is 13.2. The van der Waals surface area contributed by atoms with Gasteiger partial charge >= 0.3 is 5.97 Å². The Morgan fingerprint density at radius 2 is 1.76 bits per heavy atom. The lowest BCUT2D eigenvalue weighted by atomic mass is 10.2. The zero-order valence-corrected chi connectivity index (χ0v) is 22.6. The predicted octanol–water partition coefficient (Wildman–Crippen LogP) is 2.34. The number of nitrogens with one attached hydrogen (secondary N) is 1. The molecule has 1 atom stereocenters. The zero-order valence-electron chi connectivity index (χ0n) is 21.0. The van der Waals surface area contributed by atoms with E-state index in [0.717, 1.165) is 6.07 Å². The van der Waals surface area contributed by atoms with E-state index in [1.165, 1.54) is 33.3 Å². The van der Waals surface area contributed by atoms with Gasteiger partial charge in [-0.3, -0.25) is 19.0 Å². The maximum atomic E-state index is 13.2. The number of hydrogen-bond acceptors (Lipinski definition) is 7. The first kappa shape index (κ1) is 27.4. The molecule has 13 heteroatoms. The van der Waals surface area contributed by atoms with Gasteiger partial charge in [0.15, 0.2) is 6.10 Å². The summed E-state index contributed by atoms with van der Waals surface area (Å²) < 4.78 is 42.2. The van der Waals surface area contributed by atoms with Gasteiger partial charge in [0.25, 0.3) is 21.5 Å². The predicted molar refractivity (Wildman–Crippen MR) is 140 cm³/mol. The van der Waals surface area contributed by atoms with Crippen molar-refractivity contribution >= 4 is 39.2 Å². The average Bonchev–Trinajstić information content (AvgIpc) is 3.11. The van der Waals surface area contributed by atoms with Gasteiger partial charge in [0.1, 0.15) is 5.69 Å². The minimum Gasteiger partial charge on any atom is -0.449 e. The highest BCUT2D eigenvalue weighted by atomic mass is 35.5. The van der Waals surface area contributed by atoms with Crippen LogP contribution in [0.5, 0.6) is 0 Å². The van der Waals surface area contributed by atoms with Gasteiger partial charge in [0.2, 0.25) is 0 Å². The van der Waals surface area contributed by atoms with E-state index < -0.39 is 33.6 Å². The summed E-state index contributed by atoms with van der Waals surface area (Å²) in [4.78, 5) is 39.8. The number of nitrogens with zero attached hydrogens (tertiary/aromatic N) is 3. The Bertz CT molecular complexity index is 1530. The van der Waals surface area contributed by atoms with Gasteiger partial charge in [-0.2, -0.15) is 0 Å². The Hall–Kier alpha value is -3.61. The van der Waals surface area contributed by atoms with Crippen LogP contribution in [0.4, 0.5) is 5.69 Å². The molecule has 1 aromatic heterocycles. The highest BCUT2D eigenvalue weighted by Crippen LogP contribution is 2.24. The molecule has 1 amide bonds. The van der Waals surface area contributed by atoms with Crippen LogP contribution in [0.2, 0.25) is 5.02 Å². The van der Waals surface area contributed by atoms with Gasteiger partial charge in [0.05, 0.1) is 40.1 Å². The van der Waals surface area contributed by atoms with Crippen molar-refractivity contribution in [3.8, 4) is 5.69 Å². The number of sulfonamides is 1. The second-order valence-electron chi connectivity index (χ2n) is 8.67. The topological polar surface area (TPSA) is 129 Å². The van der Waals surface area contributed by atoms with Gasteiger partial charge in [-0.25, -0.2) is 17.9 Å². The van der Waals surface area contributed by atoms with Gasteiger partial charge in [0, 0.05) is 20.1 Å². The molecule has 0 saturated carbocycles. The molecule has 0 spiro atoms. The number of halogens is 1. The van der Waals surface area contributed by atoms with E-state index in [-0.39, 0.29) is 21.2 Å². The fourth-order valence-electron chi connectivity index (χ4n) is 4.02. The summed E-state index contributed by atoms with van der Waals surface area (Å²) in [5, 5.41) is -0.0534. The van der Waals surface area contributed by atoms with Gasteiger partial charge < -0.3 is 14.4 Å². The normalized spacial score (nSPS) is 14.7. The molecule has 11 nitrogen and oxygen atoms in total. The third-order valence-corrected chi connectivity index (χ3v) is 7.89. The molecule has 1 saturated heterocycles. The number of aromatic nitrogens is 2. The molecule has 4 rings (SSSR count). The first-order chi connectivity index (χ1) is 18.0. The number of carbonyl (C=O) groups is 2. The number of benzene rings is 2. The number of hydrogen-bond donors (Lipinski definition) is 1. The first-order valence-electron chi connectivity index (χ1n) is 11.7. The van der Waals surface area contributed by atoms with Gasteiger partial charge in [-0.05, 0) is 44.2 Å². The molecule has 1 N–H and O–H groups in total. The molecular weight excluding hydrogens is 536 g/mol. The second kappa shape index (κ2) is 11.0. The van der Waals surface area contributed by atoms with Crippen LogP contribution in [-0.2, 0) is 31.3 Å². The summed E-state index contributed by atoms with van der Waals surface area (Å²) in [6.07, 6.45) is -1.11. The largest absolute Gasteiger partial charge is 0.449 e. The molecule has 38 heavy (non-hydrogen) atoms. The standard InChI is InChI=1S/C25H27ClN4O7S/c1-16-22(24(32)30(28(16)3)18-7-5-4-6-8-18)27-38(34,35)19-9-10-21(26)20(15-19)25(33)37-17(2)23(31)29-11-13-36-14-12-29/h4-10,15,17,27H,11-14H2,1-3H3/t17-/m1/s1. The van der Waals surface area contributed by atoms with Crippen LogP contribution in [0.15, 0.2) is 58.2 Å². The molecule has 2 aromatic carbocycles. The van der Waals surface area contributed by atoms with Gasteiger partial charge in [-0.1, -0.05) is 29.8 Å². The van der Waals surface area contributed by atoms with Crippen molar-refractivity contribution in [3.05, 3.63) is 75.2 Å². The Kier molecular flexibility index (Phi) is 7.95. The lowest BCUT2D eigenvalue weighted by Crippen LogP contribution is -2.46. The van der Waals surface area contributed by atoms with Crippen molar-refractivity contribution in [1.29, 1.82) is 0 Å². The quantitative estimate of drug-likeness (QED) is 0.438. The average molecular weight is 563 g/mol. The summed E-state index contributed by atoms with van der Waals surface area (Å²) >= 11 is 6.17. The van der Waals surface area contributed by atoms with Crippen LogP contribution < -0.4 is 10.3 Å². The van der Waals surface area contributed by atoms with Crippen LogP contribution in [-0.4, -0.2) is 67.0 Å². The third-order valence-electron chi connectivity index (χ3n) is 6.21. The molecule has 2 heterocycles. The zero-order chi connectivity index (χ0) is 27.6. The number of carbonyl (C=O) groups excluding carboxylic acids is 2. The van der Waals surface area contributed by atoms with Crippen molar-refractivity contribution in [2.24, 2.45) is 7.05 Å². The number of para-hydroxylation sites is 1. The van der Waals surface area contributed by atoms with Crippen LogP contribution in [0.25, 0.3) is 5.69 Å². The molecule has 1 aliphatic heterocycles. The number of morpholine rings is 1. The molecule has 3 aromatic rings. The molecule has 0 radical (unpaired) electrons. The number of rotatable bonds is 7. The summed E-state index contributed by atoms with van der Waals surface area (Å²) in [6.45, 7) is 4.58. The molecule has 0 bridgehead atoms. The smallest absolute Gasteiger partial charge is 0.340 e. The lowest BCUT2D eigenvalue weighted by Gasteiger charge is -2.29. The van der Waals surface area contributed by atoms with Crippen molar-refractivity contribution in [3.63, 3.8) is 0 Å². The first-order valence-corrected chi connectivity index (χ1v) is 13.6. The van der Waals surface area contributed by atoms with E-state index in [1.807, 2.05) is 0 Å². The Morgan fingerprint density at radius 1 is 1.11 bits per heavy atom. The molecule has 0 unspecified atom stereocenters.